The molecule has 0 radical (unpaired) electrons. The van der Waals surface area contributed by atoms with Crippen LogP contribution in [0.5, 0.6) is 5.75 Å². The Balaban J connectivity index is 2.14. The van der Waals surface area contributed by atoms with E-state index in [0.717, 1.165) is 5.56 Å². The summed E-state index contributed by atoms with van der Waals surface area (Å²) in [5.74, 6) is -0.0663. The highest BCUT2D eigenvalue weighted by atomic mass is 32.2. The number of nitrogens with one attached hydrogen (secondary N) is 1. The summed E-state index contributed by atoms with van der Waals surface area (Å²) in [5, 5.41) is 13.0. The summed E-state index contributed by atoms with van der Waals surface area (Å²) in [5.41, 5.74) is 0.915. The Kier molecular flexibility index (Phi) is 3.46. The zero-order valence-corrected chi connectivity index (χ0v) is 10.5. The Hall–Kier alpha value is -1.37. The van der Waals surface area contributed by atoms with Crippen LogP contribution in [0, 0.1) is 0 Å². The second-order valence-electron chi connectivity index (χ2n) is 3.45. The van der Waals surface area contributed by atoms with E-state index in [1.165, 1.54) is 35.6 Å². The van der Waals surface area contributed by atoms with Crippen LogP contribution in [-0.2, 0) is 16.6 Å². The first-order valence-corrected chi connectivity index (χ1v) is 7.30. The first-order chi connectivity index (χ1) is 8.08. The van der Waals surface area contributed by atoms with Crippen LogP contribution in [0.2, 0.25) is 0 Å². The van der Waals surface area contributed by atoms with Gasteiger partial charge < -0.3 is 5.11 Å². The van der Waals surface area contributed by atoms with Crippen LogP contribution in [0.25, 0.3) is 0 Å². The van der Waals surface area contributed by atoms with Crippen molar-refractivity contribution in [1.29, 1.82) is 0 Å². The molecule has 0 aliphatic heterocycles. The van der Waals surface area contributed by atoms with Crippen LogP contribution in [0.3, 0.4) is 0 Å². The molecule has 2 aromatic rings. The maximum Gasteiger partial charge on any atom is 0.241 e. The molecule has 0 fully saturated rings. The van der Waals surface area contributed by atoms with Crippen molar-refractivity contribution in [3.63, 3.8) is 0 Å². The Bertz CT molecular complexity index is 591. The molecule has 0 aliphatic carbocycles. The lowest BCUT2D eigenvalue weighted by Gasteiger charge is -2.05. The molecule has 0 bridgehead atoms. The Morgan fingerprint density at radius 3 is 2.76 bits per heavy atom. The van der Waals surface area contributed by atoms with Crippen molar-refractivity contribution in [3.8, 4) is 5.75 Å². The average molecular weight is 269 g/mol. The van der Waals surface area contributed by atoms with Crippen LogP contribution in [0.1, 0.15) is 5.56 Å². The van der Waals surface area contributed by atoms with E-state index >= 15 is 0 Å². The molecule has 2 rings (SSSR count). The van der Waals surface area contributed by atoms with E-state index in [-0.39, 0.29) is 17.2 Å². The molecule has 0 saturated carbocycles. The minimum Gasteiger partial charge on any atom is -0.508 e. The molecule has 90 valence electrons. The van der Waals surface area contributed by atoms with E-state index < -0.39 is 10.0 Å². The quantitative estimate of drug-likeness (QED) is 0.891. The second-order valence-corrected chi connectivity index (χ2v) is 6.00. The van der Waals surface area contributed by atoms with E-state index in [1.807, 2.05) is 16.8 Å². The topological polar surface area (TPSA) is 66.4 Å². The lowest BCUT2D eigenvalue weighted by molar-refractivity contribution is 0.473. The van der Waals surface area contributed by atoms with Crippen molar-refractivity contribution in [2.24, 2.45) is 0 Å². The van der Waals surface area contributed by atoms with Gasteiger partial charge in [0.15, 0.2) is 0 Å². The van der Waals surface area contributed by atoms with Gasteiger partial charge in [0.1, 0.15) is 5.75 Å². The molecule has 0 saturated heterocycles. The third-order valence-electron chi connectivity index (χ3n) is 2.17. The predicted molar refractivity (Wildman–Crippen MR) is 66.5 cm³/mol. The van der Waals surface area contributed by atoms with E-state index in [4.69, 9.17) is 0 Å². The summed E-state index contributed by atoms with van der Waals surface area (Å²) in [6.45, 7) is 0.251. The molecule has 1 heterocycles. The van der Waals surface area contributed by atoms with Crippen LogP contribution in [0.4, 0.5) is 0 Å². The Labute approximate surface area is 104 Å². The lowest BCUT2D eigenvalue weighted by Crippen LogP contribution is -2.22. The average Bonchev–Trinajstić information content (AvgIpc) is 2.79. The third-order valence-corrected chi connectivity index (χ3v) is 4.31. The van der Waals surface area contributed by atoms with E-state index in [2.05, 4.69) is 4.72 Å². The van der Waals surface area contributed by atoms with Gasteiger partial charge in [-0.3, -0.25) is 0 Å². The number of phenolic OH excluding ortho intramolecular Hbond substituents is 1. The Morgan fingerprint density at radius 1 is 1.29 bits per heavy atom. The SMILES string of the molecule is O=S(=O)(NCc1ccsc1)c1cccc(O)c1. The molecular formula is C11H11NO3S2. The van der Waals surface area contributed by atoms with Crippen LogP contribution >= 0.6 is 11.3 Å². The van der Waals surface area contributed by atoms with Crippen molar-refractivity contribution >= 4 is 21.4 Å². The van der Waals surface area contributed by atoms with Gasteiger partial charge in [-0.05, 0) is 40.6 Å². The first-order valence-electron chi connectivity index (χ1n) is 4.88. The zero-order chi connectivity index (χ0) is 12.3. The maximum atomic E-state index is 11.9. The van der Waals surface area contributed by atoms with Gasteiger partial charge in [-0.15, -0.1) is 0 Å². The molecule has 2 N–H and O–H groups in total. The first kappa shape index (κ1) is 12.1. The number of hydrogen-bond donors (Lipinski definition) is 2. The van der Waals surface area contributed by atoms with Crippen molar-refractivity contribution in [3.05, 3.63) is 46.7 Å². The van der Waals surface area contributed by atoms with Gasteiger partial charge in [0.05, 0.1) is 4.90 Å². The summed E-state index contributed by atoms with van der Waals surface area (Å²) >= 11 is 1.51. The number of phenols is 1. The van der Waals surface area contributed by atoms with Gasteiger partial charge in [-0.1, -0.05) is 6.07 Å². The molecule has 0 spiro atoms. The van der Waals surface area contributed by atoms with Crippen molar-refractivity contribution in [1.82, 2.24) is 4.72 Å². The van der Waals surface area contributed by atoms with E-state index in [9.17, 15) is 13.5 Å². The molecule has 4 nitrogen and oxygen atoms in total. The van der Waals surface area contributed by atoms with Gasteiger partial charge >= 0.3 is 0 Å². The standard InChI is InChI=1S/C11H11NO3S2/c13-10-2-1-3-11(6-10)17(14,15)12-7-9-4-5-16-8-9/h1-6,8,12-13H,7H2. The second kappa shape index (κ2) is 4.87. The number of aromatic hydroxyl groups is 1. The third kappa shape index (κ3) is 3.06. The summed E-state index contributed by atoms with van der Waals surface area (Å²) in [6, 6.07) is 7.44. The normalized spacial score (nSPS) is 11.5. The van der Waals surface area contributed by atoms with Gasteiger partial charge in [0.2, 0.25) is 10.0 Å². The minimum atomic E-state index is -3.56. The summed E-state index contributed by atoms with van der Waals surface area (Å²) < 4.78 is 26.2. The van der Waals surface area contributed by atoms with Crippen molar-refractivity contribution in [2.75, 3.05) is 0 Å². The van der Waals surface area contributed by atoms with Gasteiger partial charge in [-0.2, -0.15) is 11.3 Å². The van der Waals surface area contributed by atoms with Crippen LogP contribution in [-0.4, -0.2) is 13.5 Å². The fourth-order valence-electron chi connectivity index (χ4n) is 1.31. The molecule has 1 aromatic carbocycles. The highest BCUT2D eigenvalue weighted by Crippen LogP contribution is 2.16. The molecule has 0 atom stereocenters. The highest BCUT2D eigenvalue weighted by Gasteiger charge is 2.13. The minimum absolute atomic E-state index is 0.0627. The van der Waals surface area contributed by atoms with E-state index in [1.54, 1.807) is 0 Å². The van der Waals surface area contributed by atoms with Gasteiger partial charge in [-0.25, -0.2) is 13.1 Å². The summed E-state index contributed by atoms with van der Waals surface area (Å²) in [6.07, 6.45) is 0. The zero-order valence-electron chi connectivity index (χ0n) is 8.83. The Morgan fingerprint density at radius 2 is 2.12 bits per heavy atom. The number of rotatable bonds is 4. The number of hydrogen-bond acceptors (Lipinski definition) is 4. The van der Waals surface area contributed by atoms with E-state index in [0.29, 0.717) is 0 Å². The fourth-order valence-corrected chi connectivity index (χ4v) is 3.03. The lowest BCUT2D eigenvalue weighted by atomic mass is 10.3. The number of benzene rings is 1. The van der Waals surface area contributed by atoms with Crippen molar-refractivity contribution in [2.45, 2.75) is 11.4 Å². The molecule has 17 heavy (non-hydrogen) atoms. The molecule has 1 aromatic heterocycles. The smallest absolute Gasteiger partial charge is 0.241 e. The monoisotopic (exact) mass is 269 g/mol. The van der Waals surface area contributed by atoms with Gasteiger partial charge in [0, 0.05) is 6.54 Å². The molecular weight excluding hydrogens is 258 g/mol. The molecule has 6 heteroatoms. The van der Waals surface area contributed by atoms with Gasteiger partial charge in [0.25, 0.3) is 0 Å². The van der Waals surface area contributed by atoms with Crippen LogP contribution in [0.15, 0.2) is 46.0 Å². The summed E-state index contributed by atoms with van der Waals surface area (Å²) in [7, 11) is -3.56. The largest absolute Gasteiger partial charge is 0.508 e. The van der Waals surface area contributed by atoms with Crippen molar-refractivity contribution < 1.29 is 13.5 Å². The highest BCUT2D eigenvalue weighted by molar-refractivity contribution is 7.89. The molecule has 0 aliphatic rings. The number of sulfonamides is 1. The molecule has 0 amide bonds. The summed E-state index contributed by atoms with van der Waals surface area (Å²) in [4.78, 5) is 0.0627. The maximum absolute atomic E-state index is 11.9. The number of thiophene rings is 1. The molecule has 0 unspecified atom stereocenters. The predicted octanol–water partition coefficient (Wildman–Crippen LogP) is 1.93. The fraction of sp³-hybridized carbons (Fsp3) is 0.0909. The van der Waals surface area contributed by atoms with Crippen LogP contribution < -0.4 is 4.72 Å².